The summed E-state index contributed by atoms with van der Waals surface area (Å²) in [5, 5.41) is 0. The van der Waals surface area contributed by atoms with Gasteiger partial charge in [-0.25, -0.2) is 4.98 Å². The van der Waals surface area contributed by atoms with Crippen LogP contribution in [0.2, 0.25) is 0 Å². The van der Waals surface area contributed by atoms with Crippen molar-refractivity contribution in [3.8, 4) is 5.75 Å². The van der Waals surface area contributed by atoms with E-state index in [2.05, 4.69) is 14.5 Å². The summed E-state index contributed by atoms with van der Waals surface area (Å²) in [6, 6.07) is 3.44. The number of hydrogen-bond acceptors (Lipinski definition) is 7. The molecule has 116 valence electrons. The van der Waals surface area contributed by atoms with Gasteiger partial charge in [-0.3, -0.25) is 9.59 Å². The third-order valence-electron chi connectivity index (χ3n) is 2.51. The normalized spacial score (nSPS) is 10.1. The first-order valence-corrected chi connectivity index (χ1v) is 6.48. The topological polar surface area (TPSA) is 78.0 Å². The van der Waals surface area contributed by atoms with E-state index in [1.165, 1.54) is 19.1 Å². The van der Waals surface area contributed by atoms with Crippen LogP contribution in [0, 0.1) is 0 Å². The number of carbonyl (C=O) groups excluding carboxylic acids is 2. The number of pyridine rings is 1. The molecule has 0 N–H and O–H groups in total. The van der Waals surface area contributed by atoms with Crippen molar-refractivity contribution in [1.82, 2.24) is 4.98 Å². The van der Waals surface area contributed by atoms with Crippen LogP contribution in [0.25, 0.3) is 0 Å². The zero-order valence-electron chi connectivity index (χ0n) is 12.7. The number of hydrogen-bond donors (Lipinski definition) is 0. The molecule has 0 aromatic carbocycles. The standard InChI is InChI=1S/C14H20N2O5/c1-10(2)21-11-6-5-7-15-14(11)16(8-12(17)19-3)9-13(18)20-4/h5-7,10H,8-9H2,1-4H3. The van der Waals surface area contributed by atoms with Crippen molar-refractivity contribution in [2.45, 2.75) is 20.0 Å². The molecule has 0 atom stereocenters. The minimum Gasteiger partial charge on any atom is -0.487 e. The second-order valence-electron chi connectivity index (χ2n) is 4.50. The lowest BCUT2D eigenvalue weighted by molar-refractivity contribution is -0.140. The Morgan fingerprint density at radius 3 is 2.24 bits per heavy atom. The maximum Gasteiger partial charge on any atom is 0.325 e. The highest BCUT2D eigenvalue weighted by molar-refractivity contribution is 5.81. The highest BCUT2D eigenvalue weighted by atomic mass is 16.5. The average Bonchev–Trinajstić information content (AvgIpc) is 2.46. The Kier molecular flexibility index (Phi) is 6.45. The van der Waals surface area contributed by atoms with Crippen LogP contribution < -0.4 is 9.64 Å². The molecule has 0 saturated heterocycles. The van der Waals surface area contributed by atoms with E-state index in [4.69, 9.17) is 4.74 Å². The first-order chi connectivity index (χ1) is 9.97. The largest absolute Gasteiger partial charge is 0.487 e. The molecular formula is C14H20N2O5. The molecule has 0 amide bonds. The first kappa shape index (κ1) is 16.7. The van der Waals surface area contributed by atoms with Gasteiger partial charge < -0.3 is 19.1 Å². The summed E-state index contributed by atoms with van der Waals surface area (Å²) in [7, 11) is 2.56. The van der Waals surface area contributed by atoms with Crippen LogP contribution in [0.1, 0.15) is 13.8 Å². The van der Waals surface area contributed by atoms with Crippen molar-refractivity contribution in [2.24, 2.45) is 0 Å². The SMILES string of the molecule is COC(=O)CN(CC(=O)OC)c1ncccc1OC(C)C. The van der Waals surface area contributed by atoms with E-state index in [1.54, 1.807) is 18.3 Å². The molecule has 0 spiro atoms. The number of rotatable bonds is 7. The van der Waals surface area contributed by atoms with Gasteiger partial charge in [0.05, 0.1) is 20.3 Å². The Balaban J connectivity index is 3.06. The minimum atomic E-state index is -0.486. The van der Waals surface area contributed by atoms with Gasteiger partial charge in [0.25, 0.3) is 0 Å². The van der Waals surface area contributed by atoms with E-state index in [0.717, 1.165) is 0 Å². The maximum atomic E-state index is 11.5. The predicted octanol–water partition coefficient (Wildman–Crippen LogP) is 1.02. The van der Waals surface area contributed by atoms with Crippen molar-refractivity contribution in [3.05, 3.63) is 18.3 Å². The fourth-order valence-corrected chi connectivity index (χ4v) is 1.61. The number of nitrogens with zero attached hydrogens (tertiary/aromatic N) is 2. The molecule has 0 saturated carbocycles. The van der Waals surface area contributed by atoms with E-state index in [9.17, 15) is 9.59 Å². The molecule has 0 radical (unpaired) electrons. The number of carbonyl (C=O) groups is 2. The van der Waals surface area contributed by atoms with Gasteiger partial charge in [-0.05, 0) is 26.0 Å². The van der Waals surface area contributed by atoms with Gasteiger partial charge in [-0.15, -0.1) is 0 Å². The summed E-state index contributed by atoms with van der Waals surface area (Å²) in [6.45, 7) is 3.50. The summed E-state index contributed by atoms with van der Waals surface area (Å²) < 4.78 is 14.9. The van der Waals surface area contributed by atoms with E-state index in [-0.39, 0.29) is 19.2 Å². The molecule has 21 heavy (non-hydrogen) atoms. The molecule has 7 nitrogen and oxygen atoms in total. The number of esters is 2. The van der Waals surface area contributed by atoms with Gasteiger partial charge in [-0.2, -0.15) is 0 Å². The smallest absolute Gasteiger partial charge is 0.325 e. The van der Waals surface area contributed by atoms with Crippen LogP contribution >= 0.6 is 0 Å². The number of ether oxygens (including phenoxy) is 3. The van der Waals surface area contributed by atoms with Gasteiger partial charge in [0, 0.05) is 6.20 Å². The second-order valence-corrected chi connectivity index (χ2v) is 4.50. The van der Waals surface area contributed by atoms with Crippen LogP contribution in [0.4, 0.5) is 5.82 Å². The van der Waals surface area contributed by atoms with Crippen molar-refractivity contribution >= 4 is 17.8 Å². The monoisotopic (exact) mass is 296 g/mol. The Labute approximate surface area is 123 Å². The van der Waals surface area contributed by atoms with Crippen LogP contribution in [0.3, 0.4) is 0 Å². The molecular weight excluding hydrogens is 276 g/mol. The Hall–Kier alpha value is -2.31. The molecule has 1 aromatic rings. The van der Waals surface area contributed by atoms with Crippen LogP contribution in [-0.4, -0.2) is 50.3 Å². The molecule has 0 bridgehead atoms. The molecule has 0 aliphatic rings. The van der Waals surface area contributed by atoms with Gasteiger partial charge in [-0.1, -0.05) is 0 Å². The molecule has 0 fully saturated rings. The van der Waals surface area contributed by atoms with Crippen molar-refractivity contribution < 1.29 is 23.8 Å². The van der Waals surface area contributed by atoms with Gasteiger partial charge in [0.15, 0.2) is 11.6 Å². The fraction of sp³-hybridized carbons (Fsp3) is 0.500. The summed E-state index contributed by atoms with van der Waals surface area (Å²) in [5.41, 5.74) is 0. The lowest BCUT2D eigenvalue weighted by Crippen LogP contribution is -2.36. The third kappa shape index (κ3) is 5.29. The molecule has 0 aliphatic heterocycles. The molecule has 7 heteroatoms. The molecule has 1 aromatic heterocycles. The molecule has 1 rings (SSSR count). The number of aromatic nitrogens is 1. The zero-order valence-corrected chi connectivity index (χ0v) is 12.7. The number of methoxy groups -OCH3 is 2. The summed E-state index contributed by atoms with van der Waals surface area (Å²) in [5.74, 6) is -0.0950. The fourth-order valence-electron chi connectivity index (χ4n) is 1.61. The molecule has 1 heterocycles. The number of anilines is 1. The quantitative estimate of drug-likeness (QED) is 0.695. The van der Waals surface area contributed by atoms with Crippen LogP contribution in [0.5, 0.6) is 5.75 Å². The van der Waals surface area contributed by atoms with Crippen LogP contribution in [0.15, 0.2) is 18.3 Å². The first-order valence-electron chi connectivity index (χ1n) is 6.48. The summed E-state index contributed by atoms with van der Waals surface area (Å²) >= 11 is 0. The lowest BCUT2D eigenvalue weighted by atomic mass is 10.3. The van der Waals surface area contributed by atoms with E-state index in [1.807, 2.05) is 13.8 Å². The van der Waals surface area contributed by atoms with Gasteiger partial charge >= 0.3 is 11.9 Å². The second kappa shape index (κ2) is 8.08. The maximum absolute atomic E-state index is 11.5. The highest BCUT2D eigenvalue weighted by Crippen LogP contribution is 2.26. The minimum absolute atomic E-state index is 0.0638. The van der Waals surface area contributed by atoms with Crippen molar-refractivity contribution in [1.29, 1.82) is 0 Å². The summed E-state index contributed by atoms with van der Waals surface area (Å²) in [6.07, 6.45) is 1.50. The van der Waals surface area contributed by atoms with E-state index in [0.29, 0.717) is 11.6 Å². The lowest BCUT2D eigenvalue weighted by Gasteiger charge is -2.24. The van der Waals surface area contributed by atoms with Crippen molar-refractivity contribution in [3.63, 3.8) is 0 Å². The average molecular weight is 296 g/mol. The third-order valence-corrected chi connectivity index (χ3v) is 2.51. The summed E-state index contributed by atoms with van der Waals surface area (Å²) in [4.78, 5) is 28.7. The van der Waals surface area contributed by atoms with E-state index < -0.39 is 11.9 Å². The molecule has 0 unspecified atom stereocenters. The Morgan fingerprint density at radius 2 is 1.76 bits per heavy atom. The highest BCUT2D eigenvalue weighted by Gasteiger charge is 2.21. The van der Waals surface area contributed by atoms with Gasteiger partial charge in [0.2, 0.25) is 0 Å². The van der Waals surface area contributed by atoms with E-state index >= 15 is 0 Å². The predicted molar refractivity (Wildman–Crippen MR) is 76.2 cm³/mol. The Morgan fingerprint density at radius 1 is 1.19 bits per heavy atom. The Bertz CT molecular complexity index is 472. The molecule has 0 aliphatic carbocycles. The van der Waals surface area contributed by atoms with Crippen LogP contribution in [-0.2, 0) is 19.1 Å². The van der Waals surface area contributed by atoms with Gasteiger partial charge in [0.1, 0.15) is 13.1 Å². The van der Waals surface area contributed by atoms with Crippen molar-refractivity contribution in [2.75, 3.05) is 32.2 Å². The zero-order chi connectivity index (χ0) is 15.8.